The SMILES string of the molecule is CC(C)(C)NC(=O)NC1CCN(C(=O)[C@H](Cc2cccc(C(=N)N)c2)NS(=O)(=O)c2cccc(-c3ccc(N)nc3)c2)CC1. The maximum Gasteiger partial charge on any atom is 0.315 e. The van der Waals surface area contributed by atoms with Crippen molar-refractivity contribution in [2.24, 2.45) is 5.73 Å². The standard InChI is InChI=1S/C31H40N8O4S/c1-31(2,3)37-30(41)36-24-12-14-39(15-13-24)29(40)26(17-20-6-4-8-22(16-20)28(33)34)38-44(42,43)25-9-5-7-21(18-25)23-10-11-27(32)35-19-23/h4-11,16,18-19,24,26,38H,12-15,17H2,1-3H3,(H2,32,35)(H3,33,34)(H2,36,37,41)/t26-/m0/s1. The molecule has 234 valence electrons. The minimum Gasteiger partial charge on any atom is -0.384 e. The molecule has 2 aromatic carbocycles. The maximum atomic E-state index is 13.9. The van der Waals surface area contributed by atoms with Crippen molar-refractivity contribution >= 4 is 33.6 Å². The number of pyridine rings is 1. The normalized spacial score (nSPS) is 14.9. The predicted octanol–water partition coefficient (Wildman–Crippen LogP) is 2.59. The number of aromatic nitrogens is 1. The molecule has 0 aliphatic carbocycles. The highest BCUT2D eigenvalue weighted by Crippen LogP contribution is 2.23. The van der Waals surface area contributed by atoms with Gasteiger partial charge in [0, 0.05) is 42.0 Å². The van der Waals surface area contributed by atoms with Gasteiger partial charge in [-0.25, -0.2) is 18.2 Å². The molecule has 44 heavy (non-hydrogen) atoms. The molecule has 13 heteroatoms. The fourth-order valence-corrected chi connectivity index (χ4v) is 6.22. The summed E-state index contributed by atoms with van der Waals surface area (Å²) in [5, 5.41) is 13.6. The molecular formula is C31H40N8O4S. The van der Waals surface area contributed by atoms with Crippen molar-refractivity contribution in [2.75, 3.05) is 18.8 Å². The third-order valence-electron chi connectivity index (χ3n) is 7.17. The third-order valence-corrected chi connectivity index (χ3v) is 8.64. The molecule has 3 aromatic rings. The molecule has 1 aliphatic rings. The first-order chi connectivity index (χ1) is 20.7. The van der Waals surface area contributed by atoms with Gasteiger partial charge in [-0.05, 0) is 81.5 Å². The van der Waals surface area contributed by atoms with E-state index < -0.39 is 16.1 Å². The molecule has 1 aromatic heterocycles. The summed E-state index contributed by atoms with van der Waals surface area (Å²) in [6.07, 6.45) is 2.67. The summed E-state index contributed by atoms with van der Waals surface area (Å²) in [5.74, 6) is -0.157. The van der Waals surface area contributed by atoms with Gasteiger partial charge in [0.15, 0.2) is 0 Å². The number of nitrogens with two attached hydrogens (primary N) is 2. The molecule has 0 radical (unpaired) electrons. The number of hydrogen-bond acceptors (Lipinski definition) is 7. The molecule has 2 heterocycles. The summed E-state index contributed by atoms with van der Waals surface area (Å²) in [4.78, 5) is 31.9. The number of hydrogen-bond donors (Lipinski definition) is 6. The first-order valence-electron chi connectivity index (χ1n) is 14.4. The molecule has 3 amide bonds. The van der Waals surface area contributed by atoms with Crippen LogP contribution in [-0.4, -0.2) is 66.8 Å². The smallest absolute Gasteiger partial charge is 0.315 e. The summed E-state index contributed by atoms with van der Waals surface area (Å²) in [7, 11) is -4.15. The second-order valence-corrected chi connectivity index (χ2v) is 13.7. The first-order valence-corrected chi connectivity index (χ1v) is 15.8. The van der Waals surface area contributed by atoms with E-state index in [9.17, 15) is 18.0 Å². The van der Waals surface area contributed by atoms with Crippen molar-refractivity contribution in [3.05, 3.63) is 78.0 Å². The number of nitrogens with zero attached hydrogens (tertiary/aromatic N) is 2. The molecule has 4 rings (SSSR count). The number of sulfonamides is 1. The Morgan fingerprint density at radius 2 is 1.75 bits per heavy atom. The molecule has 0 spiro atoms. The maximum absolute atomic E-state index is 13.9. The van der Waals surface area contributed by atoms with Crippen LogP contribution in [0.15, 0.2) is 71.8 Å². The molecule has 1 saturated heterocycles. The summed E-state index contributed by atoms with van der Waals surface area (Å²) >= 11 is 0. The van der Waals surface area contributed by atoms with Crippen molar-refractivity contribution in [3.63, 3.8) is 0 Å². The summed E-state index contributed by atoms with van der Waals surface area (Å²) in [6, 6.07) is 15.1. The van der Waals surface area contributed by atoms with Crippen LogP contribution < -0.4 is 26.8 Å². The van der Waals surface area contributed by atoms with E-state index in [1.54, 1.807) is 59.6 Å². The number of piperidine rings is 1. The van der Waals surface area contributed by atoms with Crippen molar-refractivity contribution in [1.29, 1.82) is 5.41 Å². The second-order valence-electron chi connectivity index (χ2n) is 11.9. The Balaban J connectivity index is 1.54. The minimum absolute atomic E-state index is 0.00474. The highest BCUT2D eigenvalue weighted by atomic mass is 32.2. The van der Waals surface area contributed by atoms with E-state index in [1.165, 1.54) is 12.1 Å². The van der Waals surface area contributed by atoms with E-state index in [0.29, 0.717) is 54.0 Å². The van der Waals surface area contributed by atoms with Gasteiger partial charge in [-0.15, -0.1) is 0 Å². The van der Waals surface area contributed by atoms with Crippen molar-refractivity contribution in [2.45, 2.75) is 62.6 Å². The number of anilines is 1. The highest BCUT2D eigenvalue weighted by Gasteiger charge is 2.32. The number of urea groups is 1. The Hall–Kier alpha value is -4.49. The number of nitrogens with one attached hydrogen (secondary N) is 4. The van der Waals surface area contributed by atoms with E-state index in [4.69, 9.17) is 16.9 Å². The molecule has 0 saturated carbocycles. The minimum atomic E-state index is -4.15. The fraction of sp³-hybridized carbons (Fsp3) is 0.355. The Bertz CT molecular complexity index is 1610. The largest absolute Gasteiger partial charge is 0.384 e. The van der Waals surface area contributed by atoms with Gasteiger partial charge in [-0.3, -0.25) is 10.2 Å². The zero-order valence-corrected chi connectivity index (χ0v) is 25.9. The Morgan fingerprint density at radius 1 is 1.05 bits per heavy atom. The van der Waals surface area contributed by atoms with E-state index in [2.05, 4.69) is 20.3 Å². The molecule has 12 nitrogen and oxygen atoms in total. The molecular weight excluding hydrogens is 580 g/mol. The number of rotatable bonds is 9. The van der Waals surface area contributed by atoms with Gasteiger partial charge in [0.25, 0.3) is 0 Å². The molecule has 1 atom stereocenters. The third kappa shape index (κ3) is 8.77. The number of carbonyl (C=O) groups excluding carboxylic acids is 2. The first kappa shape index (κ1) is 32.4. The monoisotopic (exact) mass is 620 g/mol. The Labute approximate surface area is 258 Å². The van der Waals surface area contributed by atoms with Gasteiger partial charge < -0.3 is 27.0 Å². The van der Waals surface area contributed by atoms with Crippen LogP contribution in [0, 0.1) is 5.41 Å². The van der Waals surface area contributed by atoms with Crippen LogP contribution >= 0.6 is 0 Å². The average molecular weight is 621 g/mol. The van der Waals surface area contributed by atoms with E-state index in [0.717, 1.165) is 0 Å². The van der Waals surface area contributed by atoms with Crippen LogP contribution in [0.1, 0.15) is 44.7 Å². The number of carbonyl (C=O) groups is 2. The van der Waals surface area contributed by atoms with E-state index >= 15 is 0 Å². The lowest BCUT2D eigenvalue weighted by atomic mass is 10.0. The van der Waals surface area contributed by atoms with Gasteiger partial charge in [0.1, 0.15) is 17.7 Å². The van der Waals surface area contributed by atoms with Gasteiger partial charge in [0.05, 0.1) is 4.90 Å². The van der Waals surface area contributed by atoms with Crippen LogP contribution in [-0.2, 0) is 21.2 Å². The Kier molecular flexibility index (Phi) is 9.90. The van der Waals surface area contributed by atoms with E-state index in [-0.39, 0.29) is 40.7 Å². The molecule has 1 aliphatic heterocycles. The van der Waals surface area contributed by atoms with Gasteiger partial charge in [0.2, 0.25) is 15.9 Å². The number of amidine groups is 1. The van der Waals surface area contributed by atoms with Crippen molar-refractivity contribution in [3.8, 4) is 11.1 Å². The highest BCUT2D eigenvalue weighted by molar-refractivity contribution is 7.89. The van der Waals surface area contributed by atoms with Crippen LogP contribution in [0.4, 0.5) is 10.6 Å². The zero-order valence-electron chi connectivity index (χ0n) is 25.1. The molecule has 8 N–H and O–H groups in total. The number of likely N-dealkylation sites (tertiary alicyclic amines) is 1. The van der Waals surface area contributed by atoms with Gasteiger partial charge >= 0.3 is 6.03 Å². The lowest BCUT2D eigenvalue weighted by Crippen LogP contribution is -2.55. The molecule has 0 bridgehead atoms. The molecule has 1 fully saturated rings. The summed E-state index contributed by atoms with van der Waals surface area (Å²) in [5.41, 5.74) is 13.4. The summed E-state index contributed by atoms with van der Waals surface area (Å²) in [6.45, 7) is 6.39. The quantitative estimate of drug-likeness (QED) is 0.156. The van der Waals surface area contributed by atoms with Gasteiger partial charge in [-0.2, -0.15) is 4.72 Å². The van der Waals surface area contributed by atoms with Crippen LogP contribution in [0.5, 0.6) is 0 Å². The lowest BCUT2D eigenvalue weighted by molar-refractivity contribution is -0.134. The molecule has 0 unspecified atom stereocenters. The average Bonchev–Trinajstić information content (AvgIpc) is 2.96. The number of nitrogen functional groups attached to an aromatic ring is 2. The predicted molar refractivity (Wildman–Crippen MR) is 170 cm³/mol. The van der Waals surface area contributed by atoms with Crippen molar-refractivity contribution in [1.82, 2.24) is 25.2 Å². The fourth-order valence-electron chi connectivity index (χ4n) is 4.98. The lowest BCUT2D eigenvalue weighted by Gasteiger charge is -2.35. The van der Waals surface area contributed by atoms with Gasteiger partial charge in [-0.1, -0.05) is 30.3 Å². The number of amides is 3. The summed E-state index contributed by atoms with van der Waals surface area (Å²) < 4.78 is 30.0. The topological polar surface area (TPSA) is 196 Å². The van der Waals surface area contributed by atoms with Crippen LogP contribution in [0.3, 0.4) is 0 Å². The van der Waals surface area contributed by atoms with Crippen LogP contribution in [0.25, 0.3) is 11.1 Å². The Morgan fingerprint density at radius 3 is 2.39 bits per heavy atom. The second kappa shape index (κ2) is 13.4. The number of benzene rings is 2. The van der Waals surface area contributed by atoms with Crippen molar-refractivity contribution < 1.29 is 18.0 Å². The van der Waals surface area contributed by atoms with E-state index in [1.807, 2.05) is 20.8 Å². The zero-order chi connectivity index (χ0) is 32.1. The van der Waals surface area contributed by atoms with Crippen LogP contribution in [0.2, 0.25) is 0 Å².